The van der Waals surface area contributed by atoms with Crippen molar-refractivity contribution in [3.05, 3.63) is 0 Å². The Morgan fingerprint density at radius 1 is 1.44 bits per heavy atom. The molecule has 0 rings (SSSR count). The summed E-state index contributed by atoms with van der Waals surface area (Å²) >= 11 is 1.80. The van der Waals surface area contributed by atoms with Crippen LogP contribution in [0.25, 0.3) is 0 Å². The van der Waals surface area contributed by atoms with Crippen LogP contribution in [-0.4, -0.2) is 30.6 Å². The Kier molecular flexibility index (Phi) is 8.86. The van der Waals surface area contributed by atoms with Crippen LogP contribution in [0.3, 0.4) is 0 Å². The number of hydrogen-bond donors (Lipinski definition) is 1. The maximum absolute atomic E-state index is 11.0. The lowest BCUT2D eigenvalue weighted by Gasteiger charge is -2.14. The molecule has 104 valence electrons. The summed E-state index contributed by atoms with van der Waals surface area (Å²) < 4.78 is 4.55. The first-order valence-corrected chi connectivity index (χ1v) is 7.41. The summed E-state index contributed by atoms with van der Waals surface area (Å²) in [7, 11) is 1.35. The molecule has 4 nitrogen and oxygen atoms in total. The number of nitriles is 1. The number of unbranched alkanes of at least 4 members (excludes halogenated alkanes) is 1. The van der Waals surface area contributed by atoms with Crippen LogP contribution in [0.1, 0.15) is 39.5 Å². The highest BCUT2D eigenvalue weighted by Crippen LogP contribution is 2.22. The predicted octanol–water partition coefficient (Wildman–Crippen LogP) is 2.33. The van der Waals surface area contributed by atoms with Crippen LogP contribution in [-0.2, 0) is 9.53 Å². The topological polar surface area (TPSA) is 76.1 Å². The largest absolute Gasteiger partial charge is 0.468 e. The molecule has 0 radical (unpaired) electrons. The molecule has 0 saturated heterocycles. The standard InChI is InChI=1S/C13H24N2O2S/c1-13(2,10-14)7-4-5-8-18-9-6-11(15)12(16)17-3/h11H,4-9,15H2,1-3H3. The summed E-state index contributed by atoms with van der Waals surface area (Å²) in [6, 6.07) is 1.80. The molecule has 0 bridgehead atoms. The van der Waals surface area contributed by atoms with E-state index in [1.165, 1.54) is 7.11 Å². The van der Waals surface area contributed by atoms with Crippen molar-refractivity contribution in [1.29, 1.82) is 5.26 Å². The quantitative estimate of drug-likeness (QED) is 0.515. The van der Waals surface area contributed by atoms with Gasteiger partial charge >= 0.3 is 5.97 Å². The van der Waals surface area contributed by atoms with Crippen molar-refractivity contribution in [2.24, 2.45) is 11.1 Å². The van der Waals surface area contributed by atoms with Gasteiger partial charge in [-0.05, 0) is 44.6 Å². The van der Waals surface area contributed by atoms with Crippen molar-refractivity contribution < 1.29 is 9.53 Å². The van der Waals surface area contributed by atoms with Gasteiger partial charge in [-0.25, -0.2) is 0 Å². The van der Waals surface area contributed by atoms with Crippen LogP contribution in [0.2, 0.25) is 0 Å². The van der Waals surface area contributed by atoms with E-state index in [-0.39, 0.29) is 11.4 Å². The molecule has 1 atom stereocenters. The molecule has 18 heavy (non-hydrogen) atoms. The van der Waals surface area contributed by atoms with E-state index >= 15 is 0 Å². The number of carbonyl (C=O) groups excluding carboxylic acids is 1. The number of carbonyl (C=O) groups is 1. The van der Waals surface area contributed by atoms with Gasteiger partial charge in [0.05, 0.1) is 18.6 Å². The van der Waals surface area contributed by atoms with Crippen molar-refractivity contribution in [2.75, 3.05) is 18.6 Å². The Bertz CT molecular complexity index is 287. The maximum Gasteiger partial charge on any atom is 0.322 e. The van der Waals surface area contributed by atoms with Crippen LogP contribution in [0.15, 0.2) is 0 Å². The van der Waals surface area contributed by atoms with E-state index < -0.39 is 6.04 Å². The van der Waals surface area contributed by atoms with Gasteiger partial charge in [-0.1, -0.05) is 6.42 Å². The Balaban J connectivity index is 3.43. The molecule has 0 saturated carbocycles. The molecule has 2 N–H and O–H groups in total. The highest BCUT2D eigenvalue weighted by molar-refractivity contribution is 7.99. The molecule has 0 aliphatic heterocycles. The van der Waals surface area contributed by atoms with Gasteiger partial charge in [-0.2, -0.15) is 17.0 Å². The Labute approximate surface area is 114 Å². The smallest absolute Gasteiger partial charge is 0.322 e. The zero-order valence-electron chi connectivity index (χ0n) is 11.6. The fraction of sp³-hybridized carbons (Fsp3) is 0.846. The molecular weight excluding hydrogens is 248 g/mol. The van der Waals surface area contributed by atoms with Gasteiger partial charge in [0, 0.05) is 0 Å². The number of ether oxygens (including phenoxy) is 1. The van der Waals surface area contributed by atoms with Gasteiger partial charge < -0.3 is 10.5 Å². The van der Waals surface area contributed by atoms with Gasteiger partial charge in [0.1, 0.15) is 6.04 Å². The summed E-state index contributed by atoms with van der Waals surface area (Å²) in [5.41, 5.74) is 5.41. The predicted molar refractivity (Wildman–Crippen MR) is 75.2 cm³/mol. The second-order valence-electron chi connectivity index (χ2n) is 4.98. The molecule has 0 aromatic heterocycles. The molecule has 0 spiro atoms. The number of rotatable bonds is 9. The first-order valence-electron chi connectivity index (χ1n) is 6.25. The van der Waals surface area contributed by atoms with Crippen LogP contribution >= 0.6 is 11.8 Å². The first-order chi connectivity index (χ1) is 8.43. The summed E-state index contributed by atoms with van der Waals surface area (Å²) in [5, 5.41) is 8.86. The van der Waals surface area contributed by atoms with Crippen molar-refractivity contribution in [2.45, 2.75) is 45.6 Å². The lowest BCUT2D eigenvalue weighted by atomic mass is 9.89. The highest BCUT2D eigenvalue weighted by atomic mass is 32.2. The van der Waals surface area contributed by atoms with E-state index in [0.717, 1.165) is 30.8 Å². The van der Waals surface area contributed by atoms with Crippen molar-refractivity contribution in [1.82, 2.24) is 0 Å². The Morgan fingerprint density at radius 2 is 2.11 bits per heavy atom. The fourth-order valence-electron chi connectivity index (χ4n) is 1.41. The minimum atomic E-state index is -0.500. The summed E-state index contributed by atoms with van der Waals surface area (Å²) in [5.74, 6) is 1.58. The van der Waals surface area contributed by atoms with Gasteiger partial charge in [0.25, 0.3) is 0 Å². The van der Waals surface area contributed by atoms with Crippen LogP contribution in [0.5, 0.6) is 0 Å². The van der Waals surface area contributed by atoms with Gasteiger partial charge in [-0.15, -0.1) is 0 Å². The molecular formula is C13H24N2O2S. The average Bonchev–Trinajstić information content (AvgIpc) is 2.36. The van der Waals surface area contributed by atoms with E-state index in [9.17, 15) is 4.79 Å². The van der Waals surface area contributed by atoms with E-state index in [4.69, 9.17) is 11.0 Å². The lowest BCUT2D eigenvalue weighted by molar-refractivity contribution is -0.142. The monoisotopic (exact) mass is 272 g/mol. The number of esters is 1. The van der Waals surface area contributed by atoms with Gasteiger partial charge in [-0.3, -0.25) is 4.79 Å². The third kappa shape index (κ3) is 8.37. The van der Waals surface area contributed by atoms with E-state index in [1.807, 2.05) is 13.8 Å². The normalized spacial score (nSPS) is 12.8. The highest BCUT2D eigenvalue weighted by Gasteiger charge is 2.15. The van der Waals surface area contributed by atoms with E-state index in [0.29, 0.717) is 6.42 Å². The Hall–Kier alpha value is -0.730. The maximum atomic E-state index is 11.0. The number of nitrogens with zero attached hydrogens (tertiary/aromatic N) is 1. The summed E-state index contributed by atoms with van der Waals surface area (Å²) in [6.45, 7) is 3.94. The van der Waals surface area contributed by atoms with Crippen LogP contribution in [0.4, 0.5) is 0 Å². The third-order valence-electron chi connectivity index (χ3n) is 2.72. The minimum Gasteiger partial charge on any atom is -0.468 e. The molecule has 1 unspecified atom stereocenters. The molecule has 5 heteroatoms. The summed E-state index contributed by atoms with van der Waals surface area (Å²) in [4.78, 5) is 11.0. The van der Waals surface area contributed by atoms with Gasteiger partial charge in [0.2, 0.25) is 0 Å². The first kappa shape index (κ1) is 17.3. The second-order valence-corrected chi connectivity index (χ2v) is 6.21. The van der Waals surface area contributed by atoms with Crippen LogP contribution in [0, 0.1) is 16.7 Å². The second kappa shape index (κ2) is 9.23. The molecule has 0 aliphatic rings. The third-order valence-corrected chi connectivity index (χ3v) is 3.82. The molecule has 0 amide bonds. The zero-order chi connectivity index (χ0) is 14.0. The lowest BCUT2D eigenvalue weighted by Crippen LogP contribution is -2.32. The average molecular weight is 272 g/mol. The van der Waals surface area contributed by atoms with E-state index in [2.05, 4.69) is 10.8 Å². The number of methoxy groups -OCH3 is 1. The molecule has 0 fully saturated rings. The van der Waals surface area contributed by atoms with Crippen molar-refractivity contribution in [3.63, 3.8) is 0 Å². The fourth-order valence-corrected chi connectivity index (χ4v) is 2.44. The Morgan fingerprint density at radius 3 is 2.67 bits per heavy atom. The zero-order valence-corrected chi connectivity index (χ0v) is 12.4. The van der Waals surface area contributed by atoms with Crippen molar-refractivity contribution >= 4 is 17.7 Å². The number of nitrogens with two attached hydrogens (primary N) is 1. The van der Waals surface area contributed by atoms with Crippen LogP contribution < -0.4 is 5.73 Å². The number of thioether (sulfide) groups is 1. The minimum absolute atomic E-state index is 0.210. The SMILES string of the molecule is COC(=O)C(N)CCSCCCCC(C)(C)C#N. The molecule has 0 aromatic rings. The number of hydrogen-bond acceptors (Lipinski definition) is 5. The van der Waals surface area contributed by atoms with E-state index in [1.54, 1.807) is 11.8 Å². The molecule has 0 aromatic carbocycles. The van der Waals surface area contributed by atoms with Gasteiger partial charge in [0.15, 0.2) is 0 Å². The van der Waals surface area contributed by atoms with Crippen molar-refractivity contribution in [3.8, 4) is 6.07 Å². The molecule has 0 heterocycles. The summed E-state index contributed by atoms with van der Waals surface area (Å²) in [6.07, 6.45) is 3.76. The molecule has 0 aliphatic carbocycles.